The molecule has 2 rings (SSSR count). The quantitative estimate of drug-likeness (QED) is 0.315. The van der Waals surface area contributed by atoms with Gasteiger partial charge in [-0.05, 0) is 24.6 Å². The molecule has 0 bridgehead atoms. The van der Waals surface area contributed by atoms with E-state index in [0.717, 1.165) is 0 Å². The van der Waals surface area contributed by atoms with Gasteiger partial charge in [0.1, 0.15) is 0 Å². The molecule has 0 unspecified atom stereocenters. The number of halogens is 1. The van der Waals surface area contributed by atoms with Gasteiger partial charge in [0, 0.05) is 10.9 Å². The summed E-state index contributed by atoms with van der Waals surface area (Å²) in [4.78, 5) is 15.7. The summed E-state index contributed by atoms with van der Waals surface area (Å²) in [6, 6.07) is 3.36. The molecule has 0 aliphatic rings. The van der Waals surface area contributed by atoms with E-state index in [0.29, 0.717) is 34.3 Å². The number of aromatic nitrogens is 1. The minimum Gasteiger partial charge on any atom is -0.504 e. The molecule has 0 amide bonds. The smallest absolute Gasteiger partial charge is 0.311 e. The van der Waals surface area contributed by atoms with E-state index in [1.807, 2.05) is 0 Å². The lowest BCUT2D eigenvalue weighted by molar-refractivity contribution is -0.142. The Hall–Kier alpha value is -2.32. The van der Waals surface area contributed by atoms with Crippen molar-refractivity contribution >= 4 is 40.3 Å². The number of benzene rings is 1. The molecule has 0 saturated heterocycles. The molecular formula is C16H18ClN3O4S. The Morgan fingerprint density at radius 2 is 2.32 bits per heavy atom. The molecule has 0 saturated carbocycles. The van der Waals surface area contributed by atoms with Crippen molar-refractivity contribution in [3.05, 3.63) is 34.3 Å². The highest BCUT2D eigenvalue weighted by atomic mass is 35.5. The van der Waals surface area contributed by atoms with Crippen LogP contribution in [-0.2, 0) is 21.8 Å². The largest absolute Gasteiger partial charge is 0.504 e. The van der Waals surface area contributed by atoms with Gasteiger partial charge in [-0.1, -0.05) is 0 Å². The number of nitrogens with one attached hydrogen (secondary N) is 1. The molecule has 7 nitrogen and oxygen atoms in total. The molecule has 2 aromatic rings. The van der Waals surface area contributed by atoms with E-state index in [1.165, 1.54) is 18.4 Å². The molecule has 0 aliphatic carbocycles. The number of hydrogen-bond acceptors (Lipinski definition) is 8. The summed E-state index contributed by atoms with van der Waals surface area (Å²) in [6.07, 6.45) is 1.69. The van der Waals surface area contributed by atoms with Crippen molar-refractivity contribution in [2.75, 3.05) is 19.1 Å². The number of aromatic hydroxyl groups is 1. The molecular weight excluding hydrogens is 366 g/mol. The molecule has 0 aliphatic heterocycles. The predicted molar refractivity (Wildman–Crippen MR) is 97.9 cm³/mol. The van der Waals surface area contributed by atoms with Gasteiger partial charge in [0.05, 0.1) is 37.9 Å². The van der Waals surface area contributed by atoms with Gasteiger partial charge < -0.3 is 14.6 Å². The molecule has 134 valence electrons. The maximum absolute atomic E-state index is 11.4. The van der Waals surface area contributed by atoms with Crippen LogP contribution < -0.4 is 10.2 Å². The van der Waals surface area contributed by atoms with Crippen molar-refractivity contribution in [2.24, 2.45) is 5.10 Å². The number of carbonyl (C=O) groups excluding carboxylic acids is 1. The minimum atomic E-state index is -0.312. The van der Waals surface area contributed by atoms with Crippen LogP contribution in [-0.4, -0.2) is 36.0 Å². The standard InChI is InChI=1S/C16H18ClN3O4S/c1-3-24-14(21)6-12-9-25-16(19-12)20-18-8-10-4-11(7-17)15(22)13(5-10)23-2/h4-5,8-9,22H,3,6-7H2,1-2H3,(H,19,20). The Balaban J connectivity index is 2.01. The predicted octanol–water partition coefficient (Wildman–Crippen LogP) is 3.15. The lowest BCUT2D eigenvalue weighted by Gasteiger charge is -2.08. The summed E-state index contributed by atoms with van der Waals surface area (Å²) in [5.74, 6) is 0.186. The van der Waals surface area contributed by atoms with E-state index >= 15 is 0 Å². The van der Waals surface area contributed by atoms with Gasteiger partial charge in [-0.3, -0.25) is 10.2 Å². The van der Waals surface area contributed by atoms with Crippen molar-refractivity contribution in [1.29, 1.82) is 0 Å². The lowest BCUT2D eigenvalue weighted by Crippen LogP contribution is -2.07. The molecule has 1 aromatic heterocycles. The van der Waals surface area contributed by atoms with Crippen molar-refractivity contribution in [3.8, 4) is 11.5 Å². The average Bonchev–Trinajstić information content (AvgIpc) is 3.03. The van der Waals surface area contributed by atoms with E-state index < -0.39 is 0 Å². The van der Waals surface area contributed by atoms with E-state index in [4.69, 9.17) is 21.1 Å². The van der Waals surface area contributed by atoms with Gasteiger partial charge in [0.2, 0.25) is 5.13 Å². The Labute approximate surface area is 154 Å². The second kappa shape index (κ2) is 9.24. The monoisotopic (exact) mass is 383 g/mol. The number of hydrazone groups is 1. The van der Waals surface area contributed by atoms with Crippen LogP contribution in [0.15, 0.2) is 22.6 Å². The van der Waals surface area contributed by atoms with E-state index in [2.05, 4.69) is 15.5 Å². The molecule has 0 spiro atoms. The molecule has 0 atom stereocenters. The number of carbonyl (C=O) groups is 1. The number of esters is 1. The van der Waals surface area contributed by atoms with Gasteiger partial charge in [0.25, 0.3) is 0 Å². The molecule has 1 heterocycles. The number of alkyl halides is 1. The van der Waals surface area contributed by atoms with Gasteiger partial charge in [-0.15, -0.1) is 22.9 Å². The molecule has 1 aromatic carbocycles. The summed E-state index contributed by atoms with van der Waals surface area (Å²) in [5.41, 5.74) is 4.68. The van der Waals surface area contributed by atoms with Crippen molar-refractivity contribution in [3.63, 3.8) is 0 Å². The second-order valence-corrected chi connectivity index (χ2v) is 5.99. The van der Waals surface area contributed by atoms with Crippen LogP contribution in [0, 0.1) is 0 Å². The first-order valence-corrected chi connectivity index (χ1v) is 8.83. The molecule has 0 fully saturated rings. The van der Waals surface area contributed by atoms with Crippen LogP contribution in [0.3, 0.4) is 0 Å². The van der Waals surface area contributed by atoms with E-state index in [9.17, 15) is 9.90 Å². The summed E-state index contributed by atoms with van der Waals surface area (Å²) >= 11 is 7.14. The fourth-order valence-electron chi connectivity index (χ4n) is 1.98. The van der Waals surface area contributed by atoms with E-state index in [1.54, 1.807) is 30.7 Å². The number of ether oxygens (including phenoxy) is 2. The number of phenols is 1. The number of phenolic OH excluding ortho intramolecular Hbond substituents is 1. The van der Waals surface area contributed by atoms with Crippen molar-refractivity contribution in [1.82, 2.24) is 4.98 Å². The Morgan fingerprint density at radius 1 is 1.52 bits per heavy atom. The van der Waals surface area contributed by atoms with E-state index in [-0.39, 0.29) is 24.0 Å². The highest BCUT2D eigenvalue weighted by Gasteiger charge is 2.10. The molecule has 25 heavy (non-hydrogen) atoms. The van der Waals surface area contributed by atoms with Crippen LogP contribution in [0.5, 0.6) is 11.5 Å². The number of hydrogen-bond donors (Lipinski definition) is 2. The first-order valence-electron chi connectivity index (χ1n) is 7.42. The normalized spacial score (nSPS) is 10.8. The first kappa shape index (κ1) is 19.0. The topological polar surface area (TPSA) is 93.0 Å². The van der Waals surface area contributed by atoms with Crippen LogP contribution >= 0.6 is 22.9 Å². The van der Waals surface area contributed by atoms with Crippen LogP contribution in [0.2, 0.25) is 0 Å². The third-order valence-corrected chi connectivity index (χ3v) is 4.18. The SMILES string of the molecule is CCOC(=O)Cc1csc(NN=Cc2cc(CCl)c(O)c(OC)c2)n1. The van der Waals surface area contributed by atoms with Gasteiger partial charge >= 0.3 is 5.97 Å². The highest BCUT2D eigenvalue weighted by Crippen LogP contribution is 2.32. The highest BCUT2D eigenvalue weighted by molar-refractivity contribution is 7.13. The van der Waals surface area contributed by atoms with Gasteiger partial charge in [-0.25, -0.2) is 4.98 Å². The van der Waals surface area contributed by atoms with Crippen LogP contribution in [0.4, 0.5) is 5.13 Å². The van der Waals surface area contributed by atoms with Gasteiger partial charge in [-0.2, -0.15) is 5.10 Å². The molecule has 2 N–H and O–H groups in total. The fourth-order valence-corrected chi connectivity index (χ4v) is 2.85. The maximum atomic E-state index is 11.4. The number of nitrogens with zero attached hydrogens (tertiary/aromatic N) is 2. The number of rotatable bonds is 8. The first-order chi connectivity index (χ1) is 12.1. The third-order valence-electron chi connectivity index (χ3n) is 3.10. The second-order valence-electron chi connectivity index (χ2n) is 4.86. The Bertz CT molecular complexity index is 739. The maximum Gasteiger partial charge on any atom is 0.311 e. The summed E-state index contributed by atoms with van der Waals surface area (Å²) in [7, 11) is 1.47. The zero-order valence-corrected chi connectivity index (χ0v) is 15.4. The number of thiazole rings is 1. The van der Waals surface area contributed by atoms with Gasteiger partial charge in [0.15, 0.2) is 11.5 Å². The van der Waals surface area contributed by atoms with Crippen LogP contribution in [0.25, 0.3) is 0 Å². The summed E-state index contributed by atoms with van der Waals surface area (Å²) < 4.78 is 9.99. The van der Waals surface area contributed by atoms with Crippen molar-refractivity contribution < 1.29 is 19.4 Å². The van der Waals surface area contributed by atoms with Crippen molar-refractivity contribution in [2.45, 2.75) is 19.2 Å². The Kier molecular flexibility index (Phi) is 7.03. The molecule has 0 radical (unpaired) electrons. The summed E-state index contributed by atoms with van der Waals surface area (Å²) in [6.45, 7) is 2.10. The zero-order valence-electron chi connectivity index (χ0n) is 13.8. The zero-order chi connectivity index (χ0) is 18.2. The number of anilines is 1. The minimum absolute atomic E-state index is 0.0196. The number of methoxy groups -OCH3 is 1. The summed E-state index contributed by atoms with van der Waals surface area (Å²) in [5, 5.41) is 16.3. The average molecular weight is 384 g/mol. The fraction of sp³-hybridized carbons (Fsp3) is 0.312. The Morgan fingerprint density at radius 3 is 3.00 bits per heavy atom. The lowest BCUT2D eigenvalue weighted by atomic mass is 10.1. The third kappa shape index (κ3) is 5.33. The molecule has 9 heteroatoms. The van der Waals surface area contributed by atoms with Crippen LogP contribution in [0.1, 0.15) is 23.7 Å².